The number of carboxylic acids is 1. The molecule has 2 saturated heterocycles. The molecule has 0 radical (unpaired) electrons. The summed E-state index contributed by atoms with van der Waals surface area (Å²) in [6, 6.07) is 7.78. The molecule has 4 heterocycles. The molecule has 2 unspecified atom stereocenters. The second-order valence-corrected chi connectivity index (χ2v) is 11.0. The zero-order chi connectivity index (χ0) is 26.5. The largest absolute Gasteiger partial charge is 0.480 e. The lowest BCUT2D eigenvalue weighted by molar-refractivity contribution is -0.143. The lowest BCUT2D eigenvalue weighted by Gasteiger charge is -2.30. The second-order valence-electron chi connectivity index (χ2n) is 11.0. The Morgan fingerprint density at radius 1 is 1.18 bits per heavy atom. The number of aromatic nitrogens is 1. The topological polar surface area (TPSA) is 74.7 Å². The third-order valence-electron chi connectivity index (χ3n) is 8.49. The minimum Gasteiger partial charge on any atom is -0.480 e. The number of benzene rings is 1. The molecule has 0 aliphatic carbocycles. The lowest BCUT2D eigenvalue weighted by Crippen LogP contribution is -2.34. The fraction of sp³-hybridized carbons (Fsp3) is 0.600. The van der Waals surface area contributed by atoms with E-state index in [4.69, 9.17) is 9.72 Å². The molecule has 8 heteroatoms. The van der Waals surface area contributed by atoms with Crippen LogP contribution in [0.2, 0.25) is 0 Å². The van der Waals surface area contributed by atoms with Crippen molar-refractivity contribution in [3.8, 4) is 0 Å². The summed E-state index contributed by atoms with van der Waals surface area (Å²) >= 11 is 0. The van der Waals surface area contributed by atoms with Crippen LogP contribution in [0.1, 0.15) is 79.3 Å². The zero-order valence-electron chi connectivity index (χ0n) is 22.0. The van der Waals surface area contributed by atoms with Crippen LogP contribution in [0.4, 0.5) is 14.6 Å². The Hall–Kier alpha value is -2.58. The lowest BCUT2D eigenvalue weighted by atomic mass is 9.85. The Bertz CT molecular complexity index is 1110. The fourth-order valence-electron chi connectivity index (χ4n) is 6.38. The van der Waals surface area contributed by atoms with E-state index >= 15 is 4.39 Å². The summed E-state index contributed by atoms with van der Waals surface area (Å²) in [5.41, 5.74) is 3.70. The minimum absolute atomic E-state index is 0.147. The number of aryl methyl sites for hydroxylation is 2. The number of ether oxygens (including phenoxy) is 1. The molecule has 2 aromatic rings. The number of halogens is 2. The molecule has 0 amide bonds. The summed E-state index contributed by atoms with van der Waals surface area (Å²) < 4.78 is 35.0. The van der Waals surface area contributed by atoms with Crippen molar-refractivity contribution < 1.29 is 23.4 Å². The van der Waals surface area contributed by atoms with E-state index in [1.807, 2.05) is 4.90 Å². The van der Waals surface area contributed by atoms with Gasteiger partial charge in [-0.25, -0.2) is 13.8 Å². The normalized spacial score (nSPS) is 22.0. The molecule has 38 heavy (non-hydrogen) atoms. The summed E-state index contributed by atoms with van der Waals surface area (Å²) in [7, 11) is 0. The van der Waals surface area contributed by atoms with E-state index in [-0.39, 0.29) is 11.8 Å². The number of alkyl halides is 1. The first-order valence-corrected chi connectivity index (χ1v) is 14.2. The summed E-state index contributed by atoms with van der Waals surface area (Å²) in [5.74, 6) is -0.510. The van der Waals surface area contributed by atoms with Crippen LogP contribution in [0.3, 0.4) is 0 Å². The van der Waals surface area contributed by atoms with Crippen molar-refractivity contribution in [2.24, 2.45) is 5.92 Å². The van der Waals surface area contributed by atoms with Gasteiger partial charge in [0.25, 0.3) is 0 Å². The van der Waals surface area contributed by atoms with E-state index in [1.165, 1.54) is 17.7 Å². The van der Waals surface area contributed by atoms with Gasteiger partial charge in [0, 0.05) is 37.9 Å². The van der Waals surface area contributed by atoms with Gasteiger partial charge in [-0.15, -0.1) is 0 Å². The summed E-state index contributed by atoms with van der Waals surface area (Å²) in [6.45, 7) is 3.07. The van der Waals surface area contributed by atoms with Gasteiger partial charge >= 0.3 is 5.97 Å². The molecule has 0 saturated carbocycles. The zero-order valence-corrected chi connectivity index (χ0v) is 22.0. The van der Waals surface area contributed by atoms with Crippen LogP contribution in [0, 0.1) is 11.7 Å². The van der Waals surface area contributed by atoms with E-state index in [0.717, 1.165) is 68.6 Å². The fourth-order valence-corrected chi connectivity index (χ4v) is 6.38. The van der Waals surface area contributed by atoms with Crippen molar-refractivity contribution in [3.05, 3.63) is 58.5 Å². The van der Waals surface area contributed by atoms with Crippen molar-refractivity contribution >= 4 is 11.8 Å². The Morgan fingerprint density at radius 2 is 2.03 bits per heavy atom. The van der Waals surface area contributed by atoms with Gasteiger partial charge in [0.05, 0.1) is 0 Å². The number of carbonyl (C=O) groups is 1. The van der Waals surface area contributed by atoms with Gasteiger partial charge in [-0.3, -0.25) is 9.69 Å². The maximum Gasteiger partial charge on any atom is 0.325 e. The van der Waals surface area contributed by atoms with E-state index in [1.54, 1.807) is 6.07 Å². The second kappa shape index (κ2) is 12.5. The van der Waals surface area contributed by atoms with Gasteiger partial charge in [0.15, 0.2) is 0 Å². The number of aliphatic carboxylic acids is 1. The smallest absolute Gasteiger partial charge is 0.325 e. The summed E-state index contributed by atoms with van der Waals surface area (Å²) in [5, 5.41) is 13.6. The molecule has 1 aromatic heterocycles. The average Bonchev–Trinajstić information content (AvgIpc) is 3.41. The molecule has 0 bridgehead atoms. The monoisotopic (exact) mass is 527 g/mol. The average molecular weight is 528 g/mol. The third kappa shape index (κ3) is 6.34. The van der Waals surface area contributed by atoms with Gasteiger partial charge in [0.2, 0.25) is 0 Å². The number of rotatable bonds is 10. The predicted octanol–water partition coefficient (Wildman–Crippen LogP) is 5.67. The van der Waals surface area contributed by atoms with Crippen LogP contribution in [0.25, 0.3) is 0 Å². The first-order chi connectivity index (χ1) is 18.5. The molecular formula is C30H39F2N3O3. The van der Waals surface area contributed by atoms with Crippen LogP contribution in [-0.4, -0.2) is 60.0 Å². The molecule has 3 aliphatic rings. The molecule has 2 fully saturated rings. The molecule has 206 valence electrons. The Labute approximate surface area is 223 Å². The van der Waals surface area contributed by atoms with Gasteiger partial charge < -0.3 is 15.2 Å². The number of nitrogens with one attached hydrogen (secondary N) is 1. The maximum atomic E-state index is 15.3. The van der Waals surface area contributed by atoms with Gasteiger partial charge in [-0.1, -0.05) is 18.6 Å². The van der Waals surface area contributed by atoms with Crippen LogP contribution in [0.5, 0.6) is 0 Å². The Kier molecular flexibility index (Phi) is 8.89. The third-order valence-corrected chi connectivity index (χ3v) is 8.49. The summed E-state index contributed by atoms with van der Waals surface area (Å²) in [6.07, 6.45) is 6.35. The molecule has 3 aliphatic heterocycles. The highest BCUT2D eigenvalue weighted by Gasteiger charge is 2.38. The number of hydrogen-bond acceptors (Lipinski definition) is 5. The standard InChI is InChI=1S/C30H39F2N3O3/c31-23-8-10-25(20-12-16-38-17-13-20)26(18-23)28(30(36)37)35-15-11-22(19-35)27(32)6-2-1-5-24-9-7-21-4-3-14-33-29(21)34-24/h7-10,18,20,22,27-28H,1-6,11-17,19H2,(H,33,34)(H,36,37)/t22-,27?,28?/m1/s1. The number of anilines is 1. The molecular weight excluding hydrogens is 488 g/mol. The first-order valence-electron chi connectivity index (χ1n) is 14.2. The molecule has 3 atom stereocenters. The Balaban J connectivity index is 1.16. The quantitative estimate of drug-likeness (QED) is 0.388. The SMILES string of the molecule is O=C(O)C(c1cc(F)ccc1C1CCOCC1)N1CC[C@@H](C(F)CCCCc2ccc3c(n2)NCCC3)C1. The van der Waals surface area contributed by atoms with Crippen molar-refractivity contribution in [2.75, 3.05) is 38.2 Å². The van der Waals surface area contributed by atoms with Gasteiger partial charge in [-0.2, -0.15) is 0 Å². The number of hydrogen-bond donors (Lipinski definition) is 2. The number of likely N-dealkylation sites (tertiary alicyclic amines) is 1. The molecule has 5 rings (SSSR count). The van der Waals surface area contributed by atoms with Crippen LogP contribution in [0.15, 0.2) is 30.3 Å². The number of fused-ring (bicyclic) bond motifs is 1. The highest BCUT2D eigenvalue weighted by atomic mass is 19.1. The molecule has 6 nitrogen and oxygen atoms in total. The highest BCUT2D eigenvalue weighted by molar-refractivity contribution is 5.76. The van der Waals surface area contributed by atoms with E-state index < -0.39 is 24.0 Å². The molecule has 1 aromatic carbocycles. The van der Waals surface area contributed by atoms with Crippen molar-refractivity contribution in [2.45, 2.75) is 75.9 Å². The maximum absolute atomic E-state index is 15.3. The van der Waals surface area contributed by atoms with Crippen molar-refractivity contribution in [1.29, 1.82) is 0 Å². The molecule has 0 spiro atoms. The molecule has 2 N–H and O–H groups in total. The van der Waals surface area contributed by atoms with E-state index in [9.17, 15) is 14.3 Å². The minimum atomic E-state index is -1.01. The van der Waals surface area contributed by atoms with Gasteiger partial charge in [-0.05, 0) is 98.7 Å². The van der Waals surface area contributed by atoms with E-state index in [0.29, 0.717) is 44.7 Å². The predicted molar refractivity (Wildman–Crippen MR) is 143 cm³/mol. The number of carboxylic acid groups (broad SMARTS) is 1. The van der Waals surface area contributed by atoms with Crippen LogP contribution in [-0.2, 0) is 22.4 Å². The summed E-state index contributed by atoms with van der Waals surface area (Å²) in [4.78, 5) is 19.0. The van der Waals surface area contributed by atoms with Gasteiger partial charge in [0.1, 0.15) is 23.8 Å². The number of pyridine rings is 1. The Morgan fingerprint density at radius 3 is 2.84 bits per heavy atom. The first kappa shape index (κ1) is 27.0. The van der Waals surface area contributed by atoms with Crippen molar-refractivity contribution in [3.63, 3.8) is 0 Å². The highest BCUT2D eigenvalue weighted by Crippen LogP contribution is 2.38. The van der Waals surface area contributed by atoms with Crippen molar-refractivity contribution in [1.82, 2.24) is 9.88 Å². The number of unbranched alkanes of at least 4 members (excludes halogenated alkanes) is 1. The van der Waals surface area contributed by atoms with Crippen LogP contribution < -0.4 is 5.32 Å². The van der Waals surface area contributed by atoms with E-state index in [2.05, 4.69) is 17.4 Å². The number of nitrogens with zero attached hydrogens (tertiary/aromatic N) is 2. The van der Waals surface area contributed by atoms with Crippen LogP contribution >= 0.6 is 0 Å².